The zero-order chi connectivity index (χ0) is 13.4. The number of hydrogen-bond acceptors (Lipinski definition) is 5. The Labute approximate surface area is 119 Å². The number of ether oxygens (including phenoxy) is 1. The number of methoxy groups -OCH3 is 1. The van der Waals surface area contributed by atoms with Gasteiger partial charge in [-0.15, -0.1) is 0 Å². The Morgan fingerprint density at radius 3 is 2.89 bits per heavy atom. The van der Waals surface area contributed by atoms with E-state index in [1.54, 1.807) is 18.3 Å². The van der Waals surface area contributed by atoms with Crippen LogP contribution in [0.3, 0.4) is 0 Å². The van der Waals surface area contributed by atoms with E-state index >= 15 is 0 Å². The third-order valence-electron chi connectivity index (χ3n) is 3.07. The highest BCUT2D eigenvalue weighted by Gasteiger charge is 2.34. The molecular formula is C13H11ClN2O2S. The third kappa shape index (κ3) is 2.24. The molecular weight excluding hydrogens is 284 g/mol. The fraction of sp³-hybridized carbons (Fsp3) is 0.308. The molecule has 6 heteroatoms. The smallest absolute Gasteiger partial charge is 0.349 e. The van der Waals surface area contributed by atoms with Crippen LogP contribution in [-0.2, 0) is 4.74 Å². The van der Waals surface area contributed by atoms with Crippen LogP contribution in [0.25, 0.3) is 11.4 Å². The normalized spacial score (nSPS) is 14.4. The Bertz CT molecular complexity index is 637. The van der Waals surface area contributed by atoms with Crippen molar-refractivity contribution in [3.8, 4) is 11.4 Å². The number of nitrogens with zero attached hydrogens (tertiary/aromatic N) is 2. The summed E-state index contributed by atoms with van der Waals surface area (Å²) in [5.41, 5.74) is 2.30. The zero-order valence-corrected chi connectivity index (χ0v) is 11.8. The van der Waals surface area contributed by atoms with Crippen LogP contribution in [0.15, 0.2) is 18.3 Å². The number of carbonyl (C=O) groups is 1. The molecule has 2 aromatic rings. The van der Waals surface area contributed by atoms with Crippen LogP contribution in [-0.4, -0.2) is 22.4 Å². The lowest BCUT2D eigenvalue weighted by atomic mass is 10.1. The molecule has 0 saturated heterocycles. The van der Waals surface area contributed by atoms with Crippen molar-refractivity contribution in [1.82, 2.24) is 9.36 Å². The van der Waals surface area contributed by atoms with E-state index in [4.69, 9.17) is 16.3 Å². The summed E-state index contributed by atoms with van der Waals surface area (Å²) in [6, 6.07) is 3.55. The van der Waals surface area contributed by atoms with Crippen LogP contribution in [0.2, 0.25) is 5.02 Å². The van der Waals surface area contributed by atoms with Gasteiger partial charge in [0.15, 0.2) is 0 Å². The molecule has 0 N–H and O–H groups in total. The molecule has 1 saturated carbocycles. The second-order valence-electron chi connectivity index (χ2n) is 4.37. The van der Waals surface area contributed by atoms with Crippen molar-refractivity contribution in [3.05, 3.63) is 33.8 Å². The molecule has 0 aromatic carbocycles. The van der Waals surface area contributed by atoms with E-state index in [2.05, 4.69) is 9.36 Å². The Morgan fingerprint density at radius 2 is 2.26 bits per heavy atom. The van der Waals surface area contributed by atoms with E-state index < -0.39 is 0 Å². The predicted octanol–water partition coefficient (Wildman–Crippen LogP) is 3.52. The first kappa shape index (κ1) is 12.6. The van der Waals surface area contributed by atoms with Crippen LogP contribution in [0, 0.1) is 0 Å². The molecule has 3 rings (SSSR count). The molecule has 0 atom stereocenters. The van der Waals surface area contributed by atoms with E-state index in [0.717, 1.165) is 35.6 Å². The van der Waals surface area contributed by atoms with Crippen LogP contribution in [0.1, 0.15) is 34.0 Å². The fourth-order valence-corrected chi connectivity index (χ4v) is 3.12. The predicted molar refractivity (Wildman–Crippen MR) is 73.7 cm³/mol. The average molecular weight is 295 g/mol. The minimum atomic E-state index is -0.335. The second-order valence-corrected chi connectivity index (χ2v) is 5.55. The van der Waals surface area contributed by atoms with Gasteiger partial charge in [0.05, 0.1) is 12.1 Å². The SMILES string of the molecule is COC(=O)c1snc(-c2ncccc2Cl)c1C1CC1. The Hall–Kier alpha value is -1.46. The highest BCUT2D eigenvalue weighted by atomic mass is 35.5. The van der Waals surface area contributed by atoms with Crippen molar-refractivity contribution in [2.45, 2.75) is 18.8 Å². The van der Waals surface area contributed by atoms with Crippen molar-refractivity contribution in [2.75, 3.05) is 7.11 Å². The molecule has 1 aliphatic carbocycles. The number of halogens is 1. The molecule has 2 aromatic heterocycles. The monoisotopic (exact) mass is 294 g/mol. The highest BCUT2D eigenvalue weighted by molar-refractivity contribution is 7.08. The minimum Gasteiger partial charge on any atom is -0.465 e. The molecule has 1 fully saturated rings. The van der Waals surface area contributed by atoms with Gasteiger partial charge in [-0.25, -0.2) is 4.79 Å². The van der Waals surface area contributed by atoms with Crippen LogP contribution in [0.4, 0.5) is 0 Å². The molecule has 1 aliphatic rings. The first-order chi connectivity index (χ1) is 9.22. The average Bonchev–Trinajstić information content (AvgIpc) is 3.18. The van der Waals surface area contributed by atoms with Gasteiger partial charge in [0.25, 0.3) is 0 Å². The standard InChI is InChI=1S/C13H11ClN2O2S/c1-18-13(17)12-9(7-4-5-7)11(16-19-12)10-8(14)3-2-6-15-10/h2-3,6-7H,4-5H2,1H3. The van der Waals surface area contributed by atoms with Crippen LogP contribution < -0.4 is 0 Å². The van der Waals surface area contributed by atoms with E-state index in [1.165, 1.54) is 7.11 Å². The van der Waals surface area contributed by atoms with Gasteiger partial charge >= 0.3 is 5.97 Å². The van der Waals surface area contributed by atoms with E-state index in [1.807, 2.05) is 0 Å². The van der Waals surface area contributed by atoms with Crippen molar-refractivity contribution in [2.24, 2.45) is 0 Å². The molecule has 0 unspecified atom stereocenters. The number of esters is 1. The molecule has 0 bridgehead atoms. The summed E-state index contributed by atoms with van der Waals surface area (Å²) >= 11 is 7.32. The maximum Gasteiger partial charge on any atom is 0.349 e. The molecule has 0 spiro atoms. The fourth-order valence-electron chi connectivity index (χ4n) is 2.02. The minimum absolute atomic E-state index is 0.335. The lowest BCUT2D eigenvalue weighted by Gasteiger charge is -2.04. The summed E-state index contributed by atoms with van der Waals surface area (Å²) in [5, 5.41) is 0.547. The van der Waals surface area contributed by atoms with E-state index in [9.17, 15) is 4.79 Å². The van der Waals surface area contributed by atoms with Gasteiger partial charge in [0, 0.05) is 11.8 Å². The summed E-state index contributed by atoms with van der Waals surface area (Å²) in [7, 11) is 1.38. The van der Waals surface area contributed by atoms with Gasteiger partial charge in [-0.2, -0.15) is 4.37 Å². The molecule has 0 aliphatic heterocycles. The lowest BCUT2D eigenvalue weighted by Crippen LogP contribution is -2.02. The molecule has 2 heterocycles. The second kappa shape index (κ2) is 4.90. The van der Waals surface area contributed by atoms with Gasteiger partial charge in [-0.05, 0) is 42.4 Å². The lowest BCUT2D eigenvalue weighted by molar-refractivity contribution is 0.0605. The Balaban J connectivity index is 2.15. The van der Waals surface area contributed by atoms with Crippen molar-refractivity contribution >= 4 is 29.1 Å². The third-order valence-corrected chi connectivity index (χ3v) is 4.22. The van der Waals surface area contributed by atoms with Crippen molar-refractivity contribution in [3.63, 3.8) is 0 Å². The highest BCUT2D eigenvalue weighted by Crippen LogP contribution is 2.47. The topological polar surface area (TPSA) is 52.1 Å². The number of aromatic nitrogens is 2. The van der Waals surface area contributed by atoms with Crippen molar-refractivity contribution in [1.29, 1.82) is 0 Å². The first-order valence-corrected chi connectivity index (χ1v) is 7.06. The van der Waals surface area contributed by atoms with E-state index in [-0.39, 0.29) is 5.97 Å². The van der Waals surface area contributed by atoms with Gasteiger partial charge in [0.2, 0.25) is 0 Å². The molecule has 98 valence electrons. The van der Waals surface area contributed by atoms with Crippen LogP contribution in [0.5, 0.6) is 0 Å². The van der Waals surface area contributed by atoms with Crippen molar-refractivity contribution < 1.29 is 9.53 Å². The van der Waals surface area contributed by atoms with Gasteiger partial charge in [-0.3, -0.25) is 4.98 Å². The number of carbonyl (C=O) groups excluding carboxylic acids is 1. The van der Waals surface area contributed by atoms with Crippen LogP contribution >= 0.6 is 23.1 Å². The van der Waals surface area contributed by atoms with Gasteiger partial charge in [-0.1, -0.05) is 11.6 Å². The zero-order valence-electron chi connectivity index (χ0n) is 10.2. The summed E-state index contributed by atoms with van der Waals surface area (Å²) in [5.74, 6) is 0.0404. The van der Waals surface area contributed by atoms with E-state index in [0.29, 0.717) is 21.5 Å². The van der Waals surface area contributed by atoms with Gasteiger partial charge in [0.1, 0.15) is 16.3 Å². The number of rotatable bonds is 3. The maximum absolute atomic E-state index is 11.8. The maximum atomic E-state index is 11.8. The largest absolute Gasteiger partial charge is 0.465 e. The quantitative estimate of drug-likeness (QED) is 0.813. The first-order valence-electron chi connectivity index (χ1n) is 5.91. The molecule has 19 heavy (non-hydrogen) atoms. The number of hydrogen-bond donors (Lipinski definition) is 0. The summed E-state index contributed by atoms with van der Waals surface area (Å²) in [4.78, 5) is 16.6. The Morgan fingerprint density at radius 1 is 1.47 bits per heavy atom. The number of pyridine rings is 1. The summed E-state index contributed by atoms with van der Waals surface area (Å²) in [6.45, 7) is 0. The molecule has 4 nitrogen and oxygen atoms in total. The van der Waals surface area contributed by atoms with Gasteiger partial charge < -0.3 is 4.74 Å². The molecule has 0 radical (unpaired) electrons. The summed E-state index contributed by atoms with van der Waals surface area (Å²) < 4.78 is 9.18. The summed E-state index contributed by atoms with van der Waals surface area (Å²) in [6.07, 6.45) is 3.81. The molecule has 0 amide bonds. The Kier molecular flexibility index (Phi) is 3.24.